The number of halogens is 2. The topological polar surface area (TPSA) is 41.9 Å². The van der Waals surface area contributed by atoms with Crippen LogP contribution in [-0.2, 0) is 6.54 Å². The van der Waals surface area contributed by atoms with Gasteiger partial charge in [0, 0.05) is 11.2 Å². The van der Waals surface area contributed by atoms with Crippen molar-refractivity contribution in [3.63, 3.8) is 0 Å². The third-order valence-electron chi connectivity index (χ3n) is 3.89. The number of nitrogens with zero attached hydrogens (tertiary/aromatic N) is 2. The highest BCUT2D eigenvalue weighted by molar-refractivity contribution is 7.80. The van der Waals surface area contributed by atoms with Gasteiger partial charge in [-0.1, -0.05) is 48.0 Å². The molecule has 1 heterocycles. The zero-order chi connectivity index (χ0) is 18.5. The summed E-state index contributed by atoms with van der Waals surface area (Å²) in [5, 5.41) is 11.5. The number of benzene rings is 2. The third-order valence-corrected chi connectivity index (χ3v) is 4.46. The summed E-state index contributed by atoms with van der Waals surface area (Å²) in [6, 6.07) is 14.5. The smallest absolute Gasteiger partial charge is 0.171 e. The Hall–Kier alpha value is -2.44. The van der Waals surface area contributed by atoms with E-state index < -0.39 is 0 Å². The van der Waals surface area contributed by atoms with Gasteiger partial charge in [0.2, 0.25) is 0 Å². The van der Waals surface area contributed by atoms with Crippen molar-refractivity contribution in [3.05, 3.63) is 82.9 Å². The molecule has 3 rings (SSSR count). The highest BCUT2D eigenvalue weighted by Gasteiger charge is 2.08. The van der Waals surface area contributed by atoms with Gasteiger partial charge in [0.05, 0.1) is 24.5 Å². The lowest BCUT2D eigenvalue weighted by Crippen LogP contribution is -2.30. The average molecular weight is 389 g/mol. The van der Waals surface area contributed by atoms with Crippen molar-refractivity contribution in [1.29, 1.82) is 0 Å². The van der Waals surface area contributed by atoms with Crippen LogP contribution < -0.4 is 10.6 Å². The van der Waals surface area contributed by atoms with E-state index in [2.05, 4.69) is 15.7 Å². The second kappa shape index (κ2) is 8.29. The molecule has 1 atom stereocenters. The molecular formula is C19H18ClFN4S. The molecule has 0 spiro atoms. The lowest BCUT2D eigenvalue weighted by Gasteiger charge is -2.16. The maximum atomic E-state index is 13.1. The van der Waals surface area contributed by atoms with Crippen molar-refractivity contribution in [2.75, 3.05) is 5.32 Å². The first kappa shape index (κ1) is 18.4. The number of rotatable bonds is 5. The second-order valence-corrected chi connectivity index (χ2v) is 6.71. The number of hydrogen-bond acceptors (Lipinski definition) is 2. The molecule has 2 N–H and O–H groups in total. The molecule has 0 saturated carbocycles. The molecule has 4 nitrogen and oxygen atoms in total. The molecule has 0 bridgehead atoms. The molecule has 26 heavy (non-hydrogen) atoms. The number of hydrogen-bond donors (Lipinski definition) is 2. The van der Waals surface area contributed by atoms with Gasteiger partial charge in [-0.05, 0) is 42.4 Å². The van der Waals surface area contributed by atoms with Gasteiger partial charge in [-0.2, -0.15) is 5.10 Å². The Morgan fingerprint density at radius 3 is 2.77 bits per heavy atom. The third kappa shape index (κ3) is 4.80. The van der Waals surface area contributed by atoms with Crippen LogP contribution in [0.25, 0.3) is 0 Å². The number of nitrogens with one attached hydrogen (secondary N) is 2. The molecule has 0 aliphatic rings. The van der Waals surface area contributed by atoms with Crippen molar-refractivity contribution in [1.82, 2.24) is 15.1 Å². The van der Waals surface area contributed by atoms with Gasteiger partial charge in [-0.15, -0.1) is 0 Å². The molecule has 0 radical (unpaired) electrons. The molecular weight excluding hydrogens is 371 g/mol. The molecule has 2 aromatic carbocycles. The second-order valence-electron chi connectivity index (χ2n) is 5.89. The van der Waals surface area contributed by atoms with Crippen molar-refractivity contribution in [2.24, 2.45) is 0 Å². The summed E-state index contributed by atoms with van der Waals surface area (Å²) in [6.45, 7) is 2.49. The zero-order valence-electron chi connectivity index (χ0n) is 14.1. The van der Waals surface area contributed by atoms with Crippen molar-refractivity contribution in [2.45, 2.75) is 19.5 Å². The van der Waals surface area contributed by atoms with E-state index in [0.29, 0.717) is 16.7 Å². The molecule has 1 unspecified atom stereocenters. The van der Waals surface area contributed by atoms with E-state index >= 15 is 0 Å². The normalized spacial score (nSPS) is 11.8. The minimum Gasteiger partial charge on any atom is -0.356 e. The fourth-order valence-corrected chi connectivity index (χ4v) is 3.05. The summed E-state index contributed by atoms with van der Waals surface area (Å²) in [5.41, 5.74) is 2.71. The number of anilines is 1. The first-order valence-electron chi connectivity index (χ1n) is 8.10. The Balaban J connectivity index is 1.58. The maximum Gasteiger partial charge on any atom is 0.171 e. The Bertz CT molecular complexity index is 898. The highest BCUT2D eigenvalue weighted by Crippen LogP contribution is 2.19. The largest absolute Gasteiger partial charge is 0.356 e. The van der Waals surface area contributed by atoms with Crippen molar-refractivity contribution < 1.29 is 4.39 Å². The van der Waals surface area contributed by atoms with Crippen LogP contribution in [0.15, 0.2) is 60.9 Å². The van der Waals surface area contributed by atoms with E-state index in [4.69, 9.17) is 23.8 Å². The van der Waals surface area contributed by atoms with E-state index in [1.807, 2.05) is 43.5 Å². The standard InChI is InChI=1S/C19H18ClFN4S/c1-13(14-5-3-2-4-6-14)23-19(26)24-17-10-22-25(12-17)11-15-7-8-16(21)9-18(15)20/h2-10,12-13H,11H2,1H3,(H2,23,24,26). The van der Waals surface area contributed by atoms with Crippen LogP contribution in [0.1, 0.15) is 24.1 Å². The fourth-order valence-electron chi connectivity index (χ4n) is 2.53. The minimum absolute atomic E-state index is 0.0873. The van der Waals surface area contributed by atoms with Gasteiger partial charge in [-0.25, -0.2) is 4.39 Å². The molecule has 134 valence electrons. The molecule has 0 amide bonds. The Morgan fingerprint density at radius 1 is 1.27 bits per heavy atom. The number of thiocarbonyl (C=S) groups is 1. The molecule has 0 fully saturated rings. The summed E-state index contributed by atoms with van der Waals surface area (Å²) in [5.74, 6) is -0.356. The lowest BCUT2D eigenvalue weighted by atomic mass is 10.1. The predicted molar refractivity (Wildman–Crippen MR) is 107 cm³/mol. The fraction of sp³-hybridized carbons (Fsp3) is 0.158. The van der Waals surface area contributed by atoms with E-state index in [1.165, 1.54) is 12.1 Å². The molecule has 0 saturated heterocycles. The predicted octanol–water partition coefficient (Wildman–Crippen LogP) is 4.77. The van der Waals surface area contributed by atoms with Gasteiger partial charge in [0.1, 0.15) is 5.82 Å². The van der Waals surface area contributed by atoms with Crippen LogP contribution in [-0.4, -0.2) is 14.9 Å². The van der Waals surface area contributed by atoms with Crippen molar-refractivity contribution in [3.8, 4) is 0 Å². The lowest BCUT2D eigenvalue weighted by molar-refractivity contribution is 0.624. The van der Waals surface area contributed by atoms with Gasteiger partial charge in [0.15, 0.2) is 5.11 Å². The molecule has 1 aromatic heterocycles. The Labute approximate surface area is 162 Å². The SMILES string of the molecule is CC(NC(=S)Nc1cnn(Cc2ccc(F)cc2Cl)c1)c1ccccc1. The highest BCUT2D eigenvalue weighted by atomic mass is 35.5. The number of aromatic nitrogens is 2. The maximum absolute atomic E-state index is 13.1. The van der Waals surface area contributed by atoms with E-state index in [1.54, 1.807) is 16.9 Å². The summed E-state index contributed by atoms with van der Waals surface area (Å²) in [6.07, 6.45) is 3.50. The van der Waals surface area contributed by atoms with Crippen LogP contribution in [0.3, 0.4) is 0 Å². The molecule has 3 aromatic rings. The zero-order valence-corrected chi connectivity index (χ0v) is 15.7. The summed E-state index contributed by atoms with van der Waals surface area (Å²) >= 11 is 11.4. The average Bonchev–Trinajstić information content (AvgIpc) is 3.05. The van der Waals surface area contributed by atoms with Gasteiger partial charge in [-0.3, -0.25) is 4.68 Å². The minimum atomic E-state index is -0.356. The molecule has 7 heteroatoms. The summed E-state index contributed by atoms with van der Waals surface area (Å²) < 4.78 is 14.8. The van der Waals surface area contributed by atoms with E-state index in [9.17, 15) is 4.39 Å². The van der Waals surface area contributed by atoms with Crippen LogP contribution in [0.2, 0.25) is 5.02 Å². The van der Waals surface area contributed by atoms with E-state index in [0.717, 1.165) is 16.8 Å². The van der Waals surface area contributed by atoms with Crippen LogP contribution in [0.5, 0.6) is 0 Å². The molecule has 0 aliphatic heterocycles. The van der Waals surface area contributed by atoms with Crippen molar-refractivity contribution >= 4 is 34.6 Å². The summed E-state index contributed by atoms with van der Waals surface area (Å²) in [4.78, 5) is 0. The molecule has 0 aliphatic carbocycles. The monoisotopic (exact) mass is 388 g/mol. The Kier molecular flexibility index (Phi) is 5.85. The van der Waals surface area contributed by atoms with E-state index in [-0.39, 0.29) is 11.9 Å². The summed E-state index contributed by atoms with van der Waals surface area (Å²) in [7, 11) is 0. The van der Waals surface area contributed by atoms with Crippen LogP contribution >= 0.6 is 23.8 Å². The van der Waals surface area contributed by atoms with Crippen LogP contribution in [0.4, 0.5) is 10.1 Å². The first-order chi connectivity index (χ1) is 12.5. The van der Waals surface area contributed by atoms with Gasteiger partial charge >= 0.3 is 0 Å². The first-order valence-corrected chi connectivity index (χ1v) is 8.89. The Morgan fingerprint density at radius 2 is 2.04 bits per heavy atom. The van der Waals surface area contributed by atoms with Gasteiger partial charge < -0.3 is 10.6 Å². The van der Waals surface area contributed by atoms with Gasteiger partial charge in [0.25, 0.3) is 0 Å². The quantitative estimate of drug-likeness (QED) is 0.618. The van der Waals surface area contributed by atoms with Crippen LogP contribution in [0, 0.1) is 5.82 Å².